The molecule has 1 aromatic rings. The lowest BCUT2D eigenvalue weighted by molar-refractivity contribution is 0.0492. The van der Waals surface area contributed by atoms with Crippen molar-refractivity contribution in [3.8, 4) is 0 Å². The average molecular weight is 322 g/mol. The van der Waals surface area contributed by atoms with E-state index < -0.39 is 0 Å². The smallest absolute Gasteiger partial charge is 0.266 e. The Labute approximate surface area is 136 Å². The minimum atomic E-state index is 0.116. The molecule has 122 valence electrons. The molecule has 2 fully saturated rings. The van der Waals surface area contributed by atoms with Crippen molar-refractivity contribution in [1.29, 1.82) is 0 Å². The molecule has 2 atom stereocenters. The SMILES string of the molecule is Cc1nc(C2CCCC2)sc1C(=O)N1CC(CO)CCC1C. The first-order valence-electron chi connectivity index (χ1n) is 8.49. The number of aliphatic hydroxyl groups is 1. The third-order valence-corrected chi connectivity index (χ3v) is 6.52. The van der Waals surface area contributed by atoms with Gasteiger partial charge in [0.05, 0.1) is 10.7 Å². The third kappa shape index (κ3) is 3.06. The topological polar surface area (TPSA) is 53.4 Å². The Morgan fingerprint density at radius 3 is 2.73 bits per heavy atom. The van der Waals surface area contributed by atoms with Gasteiger partial charge in [0.2, 0.25) is 0 Å². The van der Waals surface area contributed by atoms with Crippen molar-refractivity contribution in [2.45, 2.75) is 64.3 Å². The molecule has 1 aliphatic heterocycles. The molecule has 0 spiro atoms. The number of likely N-dealkylation sites (tertiary alicyclic amines) is 1. The van der Waals surface area contributed by atoms with Crippen LogP contribution in [0.15, 0.2) is 0 Å². The largest absolute Gasteiger partial charge is 0.396 e. The van der Waals surface area contributed by atoms with Crippen molar-refractivity contribution in [3.05, 3.63) is 15.6 Å². The van der Waals surface area contributed by atoms with E-state index in [0.717, 1.165) is 28.4 Å². The second kappa shape index (κ2) is 6.67. The highest BCUT2D eigenvalue weighted by atomic mass is 32.1. The zero-order valence-electron chi connectivity index (χ0n) is 13.5. The third-order valence-electron chi connectivity index (χ3n) is 5.21. The monoisotopic (exact) mass is 322 g/mol. The molecule has 1 N–H and O–H groups in total. The summed E-state index contributed by atoms with van der Waals surface area (Å²) in [7, 11) is 0. The fourth-order valence-electron chi connectivity index (χ4n) is 3.71. The van der Waals surface area contributed by atoms with Crippen LogP contribution in [0.1, 0.15) is 71.7 Å². The highest BCUT2D eigenvalue weighted by Gasteiger charge is 2.32. The molecular formula is C17H26N2O2S. The van der Waals surface area contributed by atoms with Gasteiger partial charge in [0.25, 0.3) is 5.91 Å². The van der Waals surface area contributed by atoms with Crippen LogP contribution in [0.5, 0.6) is 0 Å². The number of thiazole rings is 1. The summed E-state index contributed by atoms with van der Waals surface area (Å²) >= 11 is 1.60. The van der Waals surface area contributed by atoms with Gasteiger partial charge in [-0.05, 0) is 45.4 Å². The highest BCUT2D eigenvalue weighted by Crippen LogP contribution is 2.37. The van der Waals surface area contributed by atoms with Crippen LogP contribution in [0.4, 0.5) is 0 Å². The first kappa shape index (κ1) is 15.9. The summed E-state index contributed by atoms with van der Waals surface area (Å²) in [5.74, 6) is 0.904. The average Bonchev–Trinajstić information content (AvgIpc) is 3.16. The number of carbonyl (C=O) groups is 1. The molecule has 0 bridgehead atoms. The molecule has 1 saturated heterocycles. The molecule has 2 unspecified atom stereocenters. The van der Waals surface area contributed by atoms with Gasteiger partial charge in [-0.1, -0.05) is 12.8 Å². The van der Waals surface area contributed by atoms with Crippen molar-refractivity contribution < 1.29 is 9.90 Å². The molecule has 3 rings (SSSR count). The summed E-state index contributed by atoms with van der Waals surface area (Å²) in [6.45, 7) is 4.91. The van der Waals surface area contributed by atoms with Gasteiger partial charge in [-0.25, -0.2) is 4.98 Å². The Kier molecular flexibility index (Phi) is 4.83. The molecule has 5 heteroatoms. The highest BCUT2D eigenvalue weighted by molar-refractivity contribution is 7.13. The predicted molar refractivity (Wildman–Crippen MR) is 88.4 cm³/mol. The van der Waals surface area contributed by atoms with Crippen molar-refractivity contribution in [2.75, 3.05) is 13.2 Å². The van der Waals surface area contributed by atoms with Gasteiger partial charge in [0, 0.05) is 25.1 Å². The molecule has 4 nitrogen and oxygen atoms in total. The van der Waals surface area contributed by atoms with E-state index in [9.17, 15) is 9.90 Å². The summed E-state index contributed by atoms with van der Waals surface area (Å²) in [5, 5.41) is 10.6. The van der Waals surface area contributed by atoms with E-state index in [1.807, 2.05) is 11.8 Å². The summed E-state index contributed by atoms with van der Waals surface area (Å²) in [6, 6.07) is 0.256. The molecule has 1 aliphatic carbocycles. The number of piperidine rings is 1. The van der Waals surface area contributed by atoms with E-state index in [0.29, 0.717) is 12.5 Å². The van der Waals surface area contributed by atoms with Gasteiger partial charge in [0.1, 0.15) is 4.88 Å². The molecule has 1 aromatic heterocycles. The van der Waals surface area contributed by atoms with Crippen LogP contribution >= 0.6 is 11.3 Å². The first-order valence-corrected chi connectivity index (χ1v) is 9.31. The van der Waals surface area contributed by atoms with Crippen molar-refractivity contribution >= 4 is 17.2 Å². The Balaban J connectivity index is 1.79. The zero-order valence-corrected chi connectivity index (χ0v) is 14.4. The van der Waals surface area contributed by atoms with Crippen molar-refractivity contribution in [2.24, 2.45) is 5.92 Å². The number of carbonyl (C=O) groups excluding carboxylic acids is 1. The quantitative estimate of drug-likeness (QED) is 0.928. The maximum Gasteiger partial charge on any atom is 0.266 e. The van der Waals surface area contributed by atoms with Crippen LogP contribution in [0, 0.1) is 12.8 Å². The summed E-state index contributed by atoms with van der Waals surface area (Å²) in [5.41, 5.74) is 0.884. The van der Waals surface area contributed by atoms with Crippen molar-refractivity contribution in [3.63, 3.8) is 0 Å². The number of aryl methyl sites for hydroxylation is 1. The van der Waals surface area contributed by atoms with Crippen LogP contribution in [0.3, 0.4) is 0 Å². The normalized spacial score (nSPS) is 26.6. The van der Waals surface area contributed by atoms with E-state index in [4.69, 9.17) is 4.98 Å². The maximum absolute atomic E-state index is 12.9. The Morgan fingerprint density at radius 1 is 1.32 bits per heavy atom. The van der Waals surface area contributed by atoms with Gasteiger partial charge >= 0.3 is 0 Å². The fourth-order valence-corrected chi connectivity index (χ4v) is 4.90. The van der Waals surface area contributed by atoms with Crippen LogP contribution in [-0.2, 0) is 0 Å². The van der Waals surface area contributed by atoms with Crippen molar-refractivity contribution in [1.82, 2.24) is 9.88 Å². The molecule has 2 aliphatic rings. The Hall–Kier alpha value is -0.940. The van der Waals surface area contributed by atoms with E-state index in [-0.39, 0.29) is 24.5 Å². The van der Waals surface area contributed by atoms with E-state index in [2.05, 4.69) is 6.92 Å². The van der Waals surface area contributed by atoms with E-state index in [1.54, 1.807) is 11.3 Å². The number of aliphatic hydroxyl groups excluding tert-OH is 1. The Bertz CT molecular complexity index is 537. The molecule has 1 amide bonds. The molecule has 2 heterocycles. The van der Waals surface area contributed by atoms with Gasteiger partial charge in [-0.3, -0.25) is 4.79 Å². The standard InChI is InChI=1S/C17H26N2O2S/c1-11-7-8-13(10-20)9-19(11)17(21)15-12(2)18-16(22-15)14-5-3-4-6-14/h11,13-14,20H,3-10H2,1-2H3. The van der Waals surface area contributed by atoms with E-state index >= 15 is 0 Å². The number of aromatic nitrogens is 1. The molecule has 0 aromatic carbocycles. The number of nitrogens with zero attached hydrogens (tertiary/aromatic N) is 2. The lowest BCUT2D eigenvalue weighted by Gasteiger charge is -2.37. The number of hydrogen-bond donors (Lipinski definition) is 1. The minimum Gasteiger partial charge on any atom is -0.396 e. The lowest BCUT2D eigenvalue weighted by atomic mass is 9.94. The maximum atomic E-state index is 12.9. The van der Waals surface area contributed by atoms with Gasteiger partial charge in [-0.2, -0.15) is 0 Å². The number of hydrogen-bond acceptors (Lipinski definition) is 4. The van der Waals surface area contributed by atoms with Crippen LogP contribution in [0.2, 0.25) is 0 Å². The van der Waals surface area contributed by atoms with E-state index in [1.165, 1.54) is 25.7 Å². The van der Waals surface area contributed by atoms with Gasteiger partial charge in [0.15, 0.2) is 0 Å². The zero-order chi connectivity index (χ0) is 15.7. The molecular weight excluding hydrogens is 296 g/mol. The summed E-state index contributed by atoms with van der Waals surface area (Å²) in [6.07, 6.45) is 6.99. The lowest BCUT2D eigenvalue weighted by Crippen LogP contribution is -2.46. The Morgan fingerprint density at radius 2 is 2.05 bits per heavy atom. The molecule has 22 heavy (non-hydrogen) atoms. The van der Waals surface area contributed by atoms with Crippen LogP contribution in [0.25, 0.3) is 0 Å². The second-order valence-electron chi connectivity index (χ2n) is 6.88. The summed E-state index contributed by atoms with van der Waals surface area (Å²) < 4.78 is 0. The second-order valence-corrected chi connectivity index (χ2v) is 7.91. The number of rotatable bonds is 3. The number of amides is 1. The first-order chi connectivity index (χ1) is 10.6. The molecule has 0 radical (unpaired) electrons. The minimum absolute atomic E-state index is 0.116. The van der Waals surface area contributed by atoms with Gasteiger partial charge in [-0.15, -0.1) is 11.3 Å². The van der Waals surface area contributed by atoms with Gasteiger partial charge < -0.3 is 10.0 Å². The molecule has 1 saturated carbocycles. The predicted octanol–water partition coefficient (Wildman–Crippen LogP) is 3.34. The van der Waals surface area contributed by atoms with Crippen LogP contribution in [-0.4, -0.2) is 40.1 Å². The van der Waals surface area contributed by atoms with Crippen LogP contribution < -0.4 is 0 Å². The fraction of sp³-hybridized carbons (Fsp3) is 0.765. The summed E-state index contributed by atoms with van der Waals surface area (Å²) in [4.78, 5) is 20.4.